The van der Waals surface area contributed by atoms with Crippen LogP contribution in [0, 0.1) is 0 Å². The van der Waals surface area contributed by atoms with Crippen LogP contribution in [0.25, 0.3) is 0 Å². The number of para-hydroxylation sites is 1. The van der Waals surface area contributed by atoms with Crippen molar-refractivity contribution in [2.24, 2.45) is 0 Å². The number of anilines is 2. The summed E-state index contributed by atoms with van der Waals surface area (Å²) in [6.07, 6.45) is 1.09. The molecule has 26 heavy (non-hydrogen) atoms. The highest BCUT2D eigenvalue weighted by Gasteiger charge is 2.17. The van der Waals surface area contributed by atoms with E-state index in [1.54, 1.807) is 48.5 Å². The van der Waals surface area contributed by atoms with Crippen molar-refractivity contribution in [1.82, 2.24) is 5.32 Å². The fourth-order valence-corrected chi connectivity index (χ4v) is 3.24. The van der Waals surface area contributed by atoms with E-state index in [0.717, 1.165) is 6.26 Å². The zero-order valence-electron chi connectivity index (χ0n) is 14.6. The van der Waals surface area contributed by atoms with Gasteiger partial charge in [0, 0.05) is 17.8 Å². The van der Waals surface area contributed by atoms with Crippen LogP contribution in [0.4, 0.5) is 16.2 Å². The summed E-state index contributed by atoms with van der Waals surface area (Å²) in [6, 6.07) is 14.8. The summed E-state index contributed by atoms with van der Waals surface area (Å²) in [7, 11) is -3.53. The first-order chi connectivity index (χ1) is 12.3. The number of nitrogens with zero attached hydrogens (tertiary/aromatic N) is 1. The van der Waals surface area contributed by atoms with Crippen LogP contribution in [-0.2, 0) is 10.0 Å². The van der Waals surface area contributed by atoms with Gasteiger partial charge in [-0.2, -0.15) is 0 Å². The van der Waals surface area contributed by atoms with E-state index in [9.17, 15) is 18.0 Å². The van der Waals surface area contributed by atoms with Gasteiger partial charge in [0.25, 0.3) is 0 Å². The molecule has 2 aromatic rings. The number of nitrogens with one attached hydrogen (secondary N) is 2. The van der Waals surface area contributed by atoms with E-state index >= 15 is 0 Å². The summed E-state index contributed by atoms with van der Waals surface area (Å²) in [5, 5.41) is 5.28. The number of hydrogen-bond donors (Lipinski definition) is 2. The monoisotopic (exact) mass is 375 g/mol. The zero-order valence-corrected chi connectivity index (χ0v) is 15.4. The summed E-state index contributed by atoms with van der Waals surface area (Å²) in [5.41, 5.74) is 1.58. The summed E-state index contributed by atoms with van der Waals surface area (Å²) in [6.45, 7) is 1.64. The van der Waals surface area contributed by atoms with Crippen molar-refractivity contribution in [3.05, 3.63) is 60.2 Å². The molecule has 2 aromatic carbocycles. The quantitative estimate of drug-likeness (QED) is 0.727. The lowest BCUT2D eigenvalue weighted by Crippen LogP contribution is -2.39. The van der Waals surface area contributed by atoms with Crippen LogP contribution in [-0.4, -0.2) is 39.6 Å². The fraction of sp³-hybridized carbons (Fsp3) is 0.222. The molecular formula is C18H21N3O4S. The van der Waals surface area contributed by atoms with Crippen molar-refractivity contribution < 1.29 is 18.0 Å². The number of urea groups is 1. The predicted octanol–water partition coefficient (Wildman–Crippen LogP) is 2.48. The van der Waals surface area contributed by atoms with Gasteiger partial charge in [0.05, 0.1) is 18.5 Å². The Morgan fingerprint density at radius 2 is 1.62 bits per heavy atom. The first-order valence-electron chi connectivity index (χ1n) is 7.96. The van der Waals surface area contributed by atoms with Crippen molar-refractivity contribution in [2.45, 2.75) is 6.92 Å². The second-order valence-electron chi connectivity index (χ2n) is 5.69. The first kappa shape index (κ1) is 19.5. The van der Waals surface area contributed by atoms with Crippen LogP contribution in [0.1, 0.15) is 17.3 Å². The van der Waals surface area contributed by atoms with Crippen LogP contribution in [0.2, 0.25) is 0 Å². The molecule has 138 valence electrons. The number of hydrogen-bond acceptors (Lipinski definition) is 4. The number of amides is 2. The third-order valence-corrected chi connectivity index (χ3v) is 4.79. The molecule has 0 unspecified atom stereocenters. The van der Waals surface area contributed by atoms with E-state index in [0.29, 0.717) is 16.9 Å². The molecule has 0 saturated heterocycles. The largest absolute Gasteiger partial charge is 0.336 e. The van der Waals surface area contributed by atoms with Gasteiger partial charge < -0.3 is 10.6 Å². The highest BCUT2D eigenvalue weighted by Crippen LogP contribution is 2.18. The maximum atomic E-state index is 12.0. The van der Waals surface area contributed by atoms with Gasteiger partial charge in [-0.25, -0.2) is 13.2 Å². The van der Waals surface area contributed by atoms with Crippen LogP contribution in [0.15, 0.2) is 54.6 Å². The minimum atomic E-state index is -3.53. The van der Waals surface area contributed by atoms with Crippen molar-refractivity contribution in [2.75, 3.05) is 29.0 Å². The lowest BCUT2D eigenvalue weighted by molar-refractivity contribution is 0.101. The standard InChI is InChI=1S/C18H21N3O4S/c1-14(22)15-8-10-17(11-9-15)21(26(2,24)25)13-12-19-18(23)20-16-6-4-3-5-7-16/h3-11H,12-13H2,1-2H3,(H2,19,20,23). The van der Waals surface area contributed by atoms with Crippen LogP contribution < -0.4 is 14.9 Å². The topological polar surface area (TPSA) is 95.6 Å². The predicted molar refractivity (Wildman–Crippen MR) is 102 cm³/mol. The van der Waals surface area contributed by atoms with Gasteiger partial charge in [-0.3, -0.25) is 9.10 Å². The second kappa shape index (κ2) is 8.48. The Morgan fingerprint density at radius 3 is 2.15 bits per heavy atom. The minimum absolute atomic E-state index is 0.0699. The average molecular weight is 375 g/mol. The molecule has 0 bridgehead atoms. The summed E-state index contributed by atoms with van der Waals surface area (Å²) in [5.74, 6) is -0.0956. The summed E-state index contributed by atoms with van der Waals surface area (Å²) < 4.78 is 25.3. The maximum absolute atomic E-state index is 12.0. The molecule has 0 atom stereocenters. The molecule has 0 radical (unpaired) electrons. The number of carbonyl (C=O) groups is 2. The van der Waals surface area contributed by atoms with Crippen molar-refractivity contribution in [1.29, 1.82) is 0 Å². The van der Waals surface area contributed by atoms with Gasteiger partial charge in [0.15, 0.2) is 5.78 Å². The number of sulfonamides is 1. The van der Waals surface area contributed by atoms with E-state index in [2.05, 4.69) is 10.6 Å². The smallest absolute Gasteiger partial charge is 0.319 e. The highest BCUT2D eigenvalue weighted by atomic mass is 32.2. The number of rotatable bonds is 7. The third kappa shape index (κ3) is 5.59. The zero-order chi connectivity index (χ0) is 19.2. The molecule has 8 heteroatoms. The summed E-state index contributed by atoms with van der Waals surface area (Å²) in [4.78, 5) is 23.2. The maximum Gasteiger partial charge on any atom is 0.319 e. The molecule has 0 heterocycles. The SMILES string of the molecule is CC(=O)c1ccc(N(CCNC(=O)Nc2ccccc2)S(C)(=O)=O)cc1. The van der Waals surface area contributed by atoms with E-state index in [1.807, 2.05) is 6.07 Å². The van der Waals surface area contributed by atoms with Gasteiger partial charge >= 0.3 is 6.03 Å². The van der Waals surface area contributed by atoms with E-state index in [1.165, 1.54) is 11.2 Å². The van der Waals surface area contributed by atoms with Crippen LogP contribution in [0.3, 0.4) is 0 Å². The Balaban J connectivity index is 1.98. The van der Waals surface area contributed by atoms with Gasteiger partial charge in [-0.15, -0.1) is 0 Å². The lowest BCUT2D eigenvalue weighted by atomic mass is 10.1. The second-order valence-corrected chi connectivity index (χ2v) is 7.59. The molecule has 0 aliphatic carbocycles. The molecule has 7 nitrogen and oxygen atoms in total. The number of carbonyl (C=O) groups excluding carboxylic acids is 2. The van der Waals surface area contributed by atoms with Gasteiger partial charge in [-0.05, 0) is 43.3 Å². The Bertz CT molecular complexity index is 865. The van der Waals surface area contributed by atoms with E-state index in [-0.39, 0.29) is 18.9 Å². The molecule has 0 fully saturated rings. The van der Waals surface area contributed by atoms with Gasteiger partial charge in [-0.1, -0.05) is 18.2 Å². The van der Waals surface area contributed by atoms with Crippen LogP contribution in [0.5, 0.6) is 0 Å². The Hall–Kier alpha value is -2.87. The average Bonchev–Trinajstić information content (AvgIpc) is 2.58. The Labute approximate surface area is 153 Å². The highest BCUT2D eigenvalue weighted by molar-refractivity contribution is 7.92. The fourth-order valence-electron chi connectivity index (χ4n) is 2.32. The molecule has 2 rings (SSSR count). The van der Waals surface area contributed by atoms with E-state index in [4.69, 9.17) is 0 Å². The third-order valence-electron chi connectivity index (χ3n) is 3.59. The van der Waals surface area contributed by atoms with Crippen LogP contribution >= 0.6 is 0 Å². The Morgan fingerprint density at radius 1 is 1.00 bits per heavy atom. The van der Waals surface area contributed by atoms with Crippen molar-refractivity contribution in [3.63, 3.8) is 0 Å². The number of Topliss-reactive ketones (excluding diaryl/α,β-unsaturated/α-hetero) is 1. The molecule has 0 spiro atoms. The molecule has 2 amide bonds. The van der Waals surface area contributed by atoms with E-state index < -0.39 is 16.1 Å². The molecular weight excluding hydrogens is 354 g/mol. The summed E-state index contributed by atoms with van der Waals surface area (Å²) >= 11 is 0. The Kier molecular flexibility index (Phi) is 6.35. The van der Waals surface area contributed by atoms with Gasteiger partial charge in [0.2, 0.25) is 10.0 Å². The van der Waals surface area contributed by atoms with Crippen molar-refractivity contribution >= 4 is 33.2 Å². The molecule has 2 N–H and O–H groups in total. The molecule has 0 aliphatic rings. The normalized spacial score (nSPS) is 10.8. The molecule has 0 saturated carbocycles. The van der Waals surface area contributed by atoms with Gasteiger partial charge in [0.1, 0.15) is 0 Å². The lowest BCUT2D eigenvalue weighted by Gasteiger charge is -2.22. The number of benzene rings is 2. The minimum Gasteiger partial charge on any atom is -0.336 e. The number of ketones is 1. The molecule has 0 aromatic heterocycles. The first-order valence-corrected chi connectivity index (χ1v) is 9.81. The molecule has 0 aliphatic heterocycles. The van der Waals surface area contributed by atoms with Crippen molar-refractivity contribution in [3.8, 4) is 0 Å².